The smallest absolute Gasteiger partial charge is 0.335 e. The van der Waals surface area contributed by atoms with Gasteiger partial charge in [-0.15, -0.1) is 0 Å². The number of aromatic carboxylic acids is 1. The Bertz CT molecular complexity index is 640. The van der Waals surface area contributed by atoms with Gasteiger partial charge in [0.1, 0.15) is 11.6 Å². The van der Waals surface area contributed by atoms with Gasteiger partial charge in [-0.05, 0) is 53.6 Å². The van der Waals surface area contributed by atoms with Crippen molar-refractivity contribution >= 4 is 40.1 Å². The van der Waals surface area contributed by atoms with Crippen LogP contribution in [0.4, 0.5) is 0 Å². The number of carboxylic acid groups (broad SMARTS) is 1. The number of hydrogen-bond donors (Lipinski definition) is 1. The predicted molar refractivity (Wildman–Crippen MR) is 78.1 cm³/mol. The molecule has 1 saturated carbocycles. The lowest BCUT2D eigenvalue weighted by atomic mass is 10.2. The molecule has 1 aromatic heterocycles. The number of rotatable bonds is 4. The summed E-state index contributed by atoms with van der Waals surface area (Å²) in [4.78, 5) is 15.3. The quantitative estimate of drug-likeness (QED) is 0.812. The van der Waals surface area contributed by atoms with Gasteiger partial charge in [0.25, 0.3) is 5.19 Å². The lowest BCUT2D eigenvalue weighted by Gasteiger charge is -2.05. The summed E-state index contributed by atoms with van der Waals surface area (Å²) in [6.45, 7) is 0. The first-order valence-corrected chi connectivity index (χ1v) is 7.53. The van der Waals surface area contributed by atoms with Crippen molar-refractivity contribution in [1.82, 2.24) is 9.36 Å². The molecule has 0 bridgehead atoms. The Balaban J connectivity index is 1.84. The van der Waals surface area contributed by atoms with E-state index in [1.54, 1.807) is 12.1 Å². The highest BCUT2D eigenvalue weighted by Crippen LogP contribution is 2.40. The van der Waals surface area contributed by atoms with Crippen LogP contribution in [0.5, 0.6) is 10.9 Å². The molecule has 3 rings (SSSR count). The molecule has 0 saturated heterocycles. The summed E-state index contributed by atoms with van der Waals surface area (Å²) in [7, 11) is 0. The summed E-state index contributed by atoms with van der Waals surface area (Å²) in [6.07, 6.45) is 2.28. The number of ether oxygens (including phenoxy) is 1. The molecule has 1 fully saturated rings. The highest BCUT2D eigenvalue weighted by molar-refractivity contribution is 14.1. The third-order valence-corrected chi connectivity index (χ3v) is 4.24. The van der Waals surface area contributed by atoms with Crippen LogP contribution >= 0.6 is 34.1 Å². The molecule has 19 heavy (non-hydrogen) atoms. The monoisotopic (exact) mass is 388 g/mol. The molecule has 1 heterocycles. The maximum atomic E-state index is 10.9. The molecule has 0 atom stereocenters. The predicted octanol–water partition coefficient (Wildman–Crippen LogP) is 3.51. The van der Waals surface area contributed by atoms with Crippen LogP contribution in [0.3, 0.4) is 0 Å². The second-order valence-corrected chi connectivity index (χ2v) is 6.12. The van der Waals surface area contributed by atoms with Gasteiger partial charge < -0.3 is 9.84 Å². The summed E-state index contributed by atoms with van der Waals surface area (Å²) < 4.78 is 10.7. The van der Waals surface area contributed by atoms with E-state index in [1.807, 2.05) is 0 Å². The molecule has 0 spiro atoms. The fraction of sp³-hybridized carbons (Fsp3) is 0.250. The summed E-state index contributed by atoms with van der Waals surface area (Å²) in [5.74, 6) is 0.846. The van der Waals surface area contributed by atoms with Crippen LogP contribution in [-0.2, 0) is 0 Å². The molecule has 0 amide bonds. The number of benzene rings is 1. The second-order valence-electron chi connectivity index (χ2n) is 4.25. The highest BCUT2D eigenvalue weighted by Gasteiger charge is 2.28. The number of carbonyl (C=O) groups is 1. The summed E-state index contributed by atoms with van der Waals surface area (Å²) >= 11 is 3.30. The van der Waals surface area contributed by atoms with Crippen molar-refractivity contribution < 1.29 is 14.6 Å². The van der Waals surface area contributed by atoms with Crippen LogP contribution in [-0.4, -0.2) is 20.4 Å². The van der Waals surface area contributed by atoms with E-state index in [4.69, 9.17) is 9.84 Å². The minimum absolute atomic E-state index is 0.197. The highest BCUT2D eigenvalue weighted by atomic mass is 127. The zero-order valence-corrected chi connectivity index (χ0v) is 12.6. The van der Waals surface area contributed by atoms with E-state index in [-0.39, 0.29) is 5.56 Å². The van der Waals surface area contributed by atoms with Gasteiger partial charge in [-0.25, -0.2) is 4.79 Å². The third-order valence-electron chi connectivity index (χ3n) is 2.74. The van der Waals surface area contributed by atoms with Gasteiger partial charge >= 0.3 is 5.97 Å². The van der Waals surface area contributed by atoms with Crippen LogP contribution in [0.15, 0.2) is 18.2 Å². The Labute approximate surface area is 126 Å². The van der Waals surface area contributed by atoms with Crippen molar-refractivity contribution in [3.8, 4) is 10.9 Å². The first-order chi connectivity index (χ1) is 9.13. The van der Waals surface area contributed by atoms with Crippen LogP contribution in [0.25, 0.3) is 0 Å². The minimum Gasteiger partial charge on any atom is -0.478 e. The summed E-state index contributed by atoms with van der Waals surface area (Å²) in [5, 5.41) is 9.43. The van der Waals surface area contributed by atoms with Gasteiger partial charge in [0.15, 0.2) is 0 Å². The SMILES string of the molecule is O=C(O)c1ccc(I)c(Oc2nc(C3CC3)ns2)c1. The zero-order valence-electron chi connectivity index (χ0n) is 9.67. The van der Waals surface area contributed by atoms with E-state index in [2.05, 4.69) is 31.9 Å². The summed E-state index contributed by atoms with van der Waals surface area (Å²) in [5.41, 5.74) is 0.197. The first kappa shape index (κ1) is 12.8. The number of halogens is 1. The van der Waals surface area contributed by atoms with E-state index in [0.29, 0.717) is 16.9 Å². The maximum Gasteiger partial charge on any atom is 0.335 e. The number of hydrogen-bond acceptors (Lipinski definition) is 5. The van der Waals surface area contributed by atoms with Crippen LogP contribution in [0.1, 0.15) is 34.9 Å². The van der Waals surface area contributed by atoms with Gasteiger partial charge in [-0.2, -0.15) is 9.36 Å². The lowest BCUT2D eigenvalue weighted by Crippen LogP contribution is -1.97. The Morgan fingerprint density at radius 3 is 2.95 bits per heavy atom. The van der Waals surface area contributed by atoms with Gasteiger partial charge in [0.05, 0.1) is 9.13 Å². The standard InChI is InChI=1S/C12H9IN2O3S/c13-8-4-3-7(11(16)17)5-9(8)18-12-14-10(15-19-12)6-1-2-6/h3-6H,1-2H2,(H,16,17). The molecule has 1 aromatic carbocycles. The molecule has 0 aliphatic heterocycles. The fourth-order valence-electron chi connectivity index (χ4n) is 1.58. The zero-order chi connectivity index (χ0) is 13.4. The normalized spacial score (nSPS) is 14.4. The Kier molecular flexibility index (Phi) is 3.40. The molecule has 0 radical (unpaired) electrons. The van der Waals surface area contributed by atoms with Crippen molar-refractivity contribution in [1.29, 1.82) is 0 Å². The van der Waals surface area contributed by atoms with Crippen molar-refractivity contribution in [3.05, 3.63) is 33.2 Å². The molecule has 1 N–H and O–H groups in total. The molecular weight excluding hydrogens is 379 g/mol. The molecule has 98 valence electrons. The van der Waals surface area contributed by atoms with E-state index in [0.717, 1.165) is 22.2 Å². The van der Waals surface area contributed by atoms with Crippen LogP contribution in [0.2, 0.25) is 0 Å². The topological polar surface area (TPSA) is 72.3 Å². The lowest BCUT2D eigenvalue weighted by molar-refractivity contribution is 0.0696. The van der Waals surface area contributed by atoms with Crippen molar-refractivity contribution in [2.75, 3.05) is 0 Å². The van der Waals surface area contributed by atoms with E-state index < -0.39 is 5.97 Å². The first-order valence-electron chi connectivity index (χ1n) is 5.68. The number of carboxylic acids is 1. The van der Waals surface area contributed by atoms with Gasteiger partial charge in [-0.3, -0.25) is 0 Å². The van der Waals surface area contributed by atoms with Crippen molar-refractivity contribution in [3.63, 3.8) is 0 Å². The molecule has 5 nitrogen and oxygen atoms in total. The largest absolute Gasteiger partial charge is 0.478 e. The Morgan fingerprint density at radius 1 is 1.47 bits per heavy atom. The molecule has 0 unspecified atom stereocenters. The average molecular weight is 388 g/mol. The average Bonchev–Trinajstić information content (AvgIpc) is 3.13. The minimum atomic E-state index is -0.975. The number of aromatic nitrogens is 2. The van der Waals surface area contributed by atoms with Gasteiger partial charge in [0.2, 0.25) is 0 Å². The van der Waals surface area contributed by atoms with Crippen LogP contribution < -0.4 is 4.74 Å². The molecular formula is C12H9IN2O3S. The Hall–Kier alpha value is -1.22. The van der Waals surface area contributed by atoms with E-state index in [1.165, 1.54) is 17.6 Å². The van der Waals surface area contributed by atoms with Crippen LogP contribution in [0, 0.1) is 3.57 Å². The fourth-order valence-corrected chi connectivity index (χ4v) is 2.65. The van der Waals surface area contributed by atoms with Crippen molar-refractivity contribution in [2.45, 2.75) is 18.8 Å². The van der Waals surface area contributed by atoms with Gasteiger partial charge in [0, 0.05) is 17.5 Å². The van der Waals surface area contributed by atoms with Gasteiger partial charge in [-0.1, -0.05) is 0 Å². The molecule has 2 aromatic rings. The van der Waals surface area contributed by atoms with Crippen molar-refractivity contribution in [2.24, 2.45) is 0 Å². The second kappa shape index (κ2) is 5.04. The molecule has 7 heteroatoms. The molecule has 1 aliphatic carbocycles. The Morgan fingerprint density at radius 2 is 2.26 bits per heavy atom. The summed E-state index contributed by atoms with van der Waals surface area (Å²) in [6, 6.07) is 4.76. The number of nitrogens with zero attached hydrogens (tertiary/aromatic N) is 2. The van der Waals surface area contributed by atoms with E-state index in [9.17, 15) is 4.79 Å². The van der Waals surface area contributed by atoms with E-state index >= 15 is 0 Å². The molecule has 1 aliphatic rings. The maximum absolute atomic E-state index is 10.9. The third kappa shape index (κ3) is 2.86.